The van der Waals surface area contributed by atoms with E-state index in [-0.39, 0.29) is 23.6 Å². The molecular formula is C25H32ClN5O3S. The van der Waals surface area contributed by atoms with Crippen molar-refractivity contribution in [3.8, 4) is 0 Å². The smallest absolute Gasteiger partial charge is 0.337 e. The van der Waals surface area contributed by atoms with Crippen LogP contribution in [0.3, 0.4) is 0 Å². The summed E-state index contributed by atoms with van der Waals surface area (Å²) in [5.41, 5.74) is 2.44. The maximum absolute atomic E-state index is 13.0. The molecule has 2 atom stereocenters. The van der Waals surface area contributed by atoms with Crippen LogP contribution in [0.1, 0.15) is 63.2 Å². The molecule has 3 heterocycles. The number of benzene rings is 1. The molecule has 35 heavy (non-hydrogen) atoms. The minimum atomic E-state index is -0.948. The van der Waals surface area contributed by atoms with Gasteiger partial charge in [-0.25, -0.2) is 14.8 Å². The van der Waals surface area contributed by atoms with Crippen LogP contribution in [0.2, 0.25) is 0 Å². The fourth-order valence-corrected chi connectivity index (χ4v) is 6.11. The second-order valence-corrected chi connectivity index (χ2v) is 10.4. The van der Waals surface area contributed by atoms with Crippen LogP contribution >= 0.6 is 22.9 Å². The summed E-state index contributed by atoms with van der Waals surface area (Å²) in [4.78, 5) is 35.9. The summed E-state index contributed by atoms with van der Waals surface area (Å²) in [7, 11) is 0. The predicted octanol–water partition coefficient (Wildman–Crippen LogP) is 4.54. The van der Waals surface area contributed by atoms with Crippen LogP contribution in [-0.2, 0) is 4.79 Å². The summed E-state index contributed by atoms with van der Waals surface area (Å²) in [5, 5.41) is 17.8. The van der Waals surface area contributed by atoms with Crippen LogP contribution < -0.4 is 15.5 Å². The van der Waals surface area contributed by atoms with Gasteiger partial charge >= 0.3 is 5.97 Å². The third kappa shape index (κ3) is 5.52. The van der Waals surface area contributed by atoms with Gasteiger partial charge in [0.1, 0.15) is 10.9 Å². The highest BCUT2D eigenvalue weighted by atomic mass is 35.5. The summed E-state index contributed by atoms with van der Waals surface area (Å²) in [5.74, 6) is -1.11. The fraction of sp³-hybridized carbons (Fsp3) is 0.520. The zero-order valence-electron chi connectivity index (χ0n) is 20.3. The van der Waals surface area contributed by atoms with Gasteiger partial charge in [-0.15, -0.1) is 0 Å². The van der Waals surface area contributed by atoms with Gasteiger partial charge in [-0.3, -0.25) is 4.79 Å². The van der Waals surface area contributed by atoms with E-state index in [2.05, 4.69) is 34.4 Å². The summed E-state index contributed by atoms with van der Waals surface area (Å²) >= 11 is 7.61. The topological polar surface area (TPSA) is 107 Å². The molecule has 0 spiro atoms. The average molecular weight is 518 g/mol. The molecule has 1 amide bonds. The van der Waals surface area contributed by atoms with Crippen molar-refractivity contribution in [3.05, 3.63) is 34.5 Å². The standard InChI is InChI=1S/C25H32ClN5O3S/c1-4-14-12-19(28-22(14)26)23(32)29-17-10-11-31(13-20(17)27-15(5-2)6-3)25-30-18-9-7-8-16(24(33)34)21(18)35-25/h7-9,15,17,20,27H,4-6,10-13H2,1-3H3,(H,29,32)(H,33,34)/t17-,20-/m1/s1. The number of fused-ring (bicyclic) bond motifs is 1. The van der Waals surface area contributed by atoms with E-state index < -0.39 is 5.97 Å². The van der Waals surface area contributed by atoms with Gasteiger partial charge in [0, 0.05) is 37.6 Å². The van der Waals surface area contributed by atoms with Gasteiger partial charge in [-0.2, -0.15) is 0 Å². The Morgan fingerprint density at radius 3 is 2.69 bits per heavy atom. The molecule has 4 rings (SSSR count). The number of allylic oxidation sites excluding steroid dienone is 1. The van der Waals surface area contributed by atoms with Gasteiger partial charge in [-0.1, -0.05) is 49.8 Å². The predicted molar refractivity (Wildman–Crippen MR) is 142 cm³/mol. The Kier molecular flexibility index (Phi) is 8.09. The van der Waals surface area contributed by atoms with Gasteiger partial charge in [0.2, 0.25) is 0 Å². The number of nitrogens with one attached hydrogen (secondary N) is 2. The second kappa shape index (κ2) is 11.1. The number of halogens is 1. The number of aromatic carboxylic acids is 1. The lowest BCUT2D eigenvalue weighted by atomic mass is 9.97. The highest BCUT2D eigenvalue weighted by Crippen LogP contribution is 2.33. The van der Waals surface area contributed by atoms with Gasteiger partial charge < -0.3 is 20.6 Å². The van der Waals surface area contributed by atoms with Crippen LogP contribution in [0.25, 0.3) is 10.2 Å². The number of piperidine rings is 1. The molecule has 1 aromatic heterocycles. The SMILES string of the molecule is CCC1=C(Cl)N=C(C(=O)N[C@@H]2CCN(c3nc4cccc(C(=O)O)c4s3)C[C@H]2NC(CC)CC)C1. The Bertz CT molecular complexity index is 1170. The van der Waals surface area contributed by atoms with Crippen molar-refractivity contribution in [1.29, 1.82) is 0 Å². The Balaban J connectivity index is 1.52. The number of carboxylic acid groups (broad SMARTS) is 1. The molecule has 1 saturated heterocycles. The minimum Gasteiger partial charge on any atom is -0.478 e. The summed E-state index contributed by atoms with van der Waals surface area (Å²) < 4.78 is 0.685. The highest BCUT2D eigenvalue weighted by Gasteiger charge is 2.34. The number of carbonyl (C=O) groups excluding carboxylic acids is 1. The molecule has 2 aliphatic heterocycles. The van der Waals surface area contributed by atoms with E-state index in [4.69, 9.17) is 16.6 Å². The molecule has 10 heteroatoms. The van der Waals surface area contributed by atoms with E-state index in [0.29, 0.717) is 46.6 Å². The number of thiazole rings is 1. The number of carbonyl (C=O) groups is 2. The van der Waals surface area contributed by atoms with Gasteiger partial charge in [-0.05, 0) is 43.4 Å². The van der Waals surface area contributed by atoms with E-state index in [1.54, 1.807) is 12.1 Å². The summed E-state index contributed by atoms with van der Waals surface area (Å²) in [6.07, 6.45) is 4.00. The first-order valence-corrected chi connectivity index (χ1v) is 13.4. The molecule has 3 N–H and O–H groups in total. The third-order valence-electron chi connectivity index (χ3n) is 6.86. The normalized spacial score (nSPS) is 20.6. The van der Waals surface area contributed by atoms with Crippen LogP contribution in [-0.4, -0.2) is 58.9 Å². The van der Waals surface area contributed by atoms with Crippen LogP contribution in [0.15, 0.2) is 33.9 Å². The average Bonchev–Trinajstić information content (AvgIpc) is 3.46. The molecule has 0 radical (unpaired) electrons. The Labute approximate surface area is 214 Å². The van der Waals surface area contributed by atoms with Crippen molar-refractivity contribution < 1.29 is 14.7 Å². The van der Waals surface area contributed by atoms with Crippen molar-refractivity contribution in [2.45, 2.75) is 71.0 Å². The number of hydrogen-bond acceptors (Lipinski definition) is 7. The van der Waals surface area contributed by atoms with E-state index >= 15 is 0 Å². The number of anilines is 1. The van der Waals surface area contributed by atoms with Crippen molar-refractivity contribution in [2.75, 3.05) is 18.0 Å². The molecule has 1 aromatic carbocycles. The van der Waals surface area contributed by atoms with Crippen molar-refractivity contribution >= 4 is 55.9 Å². The van der Waals surface area contributed by atoms with Crippen molar-refractivity contribution in [2.24, 2.45) is 4.99 Å². The number of rotatable bonds is 9. The highest BCUT2D eigenvalue weighted by molar-refractivity contribution is 7.22. The van der Waals surface area contributed by atoms with Crippen molar-refractivity contribution in [3.63, 3.8) is 0 Å². The maximum atomic E-state index is 13.0. The zero-order valence-corrected chi connectivity index (χ0v) is 21.9. The van der Waals surface area contributed by atoms with Crippen LogP contribution in [0, 0.1) is 0 Å². The van der Waals surface area contributed by atoms with Crippen LogP contribution in [0.4, 0.5) is 5.13 Å². The van der Waals surface area contributed by atoms with Gasteiger partial charge in [0.05, 0.1) is 15.8 Å². The summed E-state index contributed by atoms with van der Waals surface area (Å²) in [6.45, 7) is 7.70. The lowest BCUT2D eigenvalue weighted by molar-refractivity contribution is -0.115. The molecule has 0 bridgehead atoms. The first kappa shape index (κ1) is 25.6. The first-order valence-electron chi connectivity index (χ1n) is 12.2. The molecule has 2 aromatic rings. The quantitative estimate of drug-likeness (QED) is 0.421. The maximum Gasteiger partial charge on any atom is 0.337 e. The zero-order chi connectivity index (χ0) is 25.1. The monoisotopic (exact) mass is 517 g/mol. The number of amides is 1. The number of hydrogen-bond donors (Lipinski definition) is 3. The Morgan fingerprint density at radius 2 is 2.03 bits per heavy atom. The van der Waals surface area contributed by atoms with Crippen LogP contribution in [0.5, 0.6) is 0 Å². The number of aromatic nitrogens is 1. The van der Waals surface area contributed by atoms with E-state index in [9.17, 15) is 14.7 Å². The van der Waals surface area contributed by atoms with E-state index in [1.807, 2.05) is 13.0 Å². The second-order valence-electron chi connectivity index (χ2n) is 9.04. The molecule has 8 nitrogen and oxygen atoms in total. The number of aliphatic imine (C=N–C) groups is 1. The van der Waals surface area contributed by atoms with E-state index in [0.717, 1.165) is 36.4 Å². The van der Waals surface area contributed by atoms with Crippen molar-refractivity contribution in [1.82, 2.24) is 15.6 Å². The Morgan fingerprint density at radius 1 is 1.26 bits per heavy atom. The molecule has 188 valence electrons. The van der Waals surface area contributed by atoms with Gasteiger partial charge in [0.15, 0.2) is 5.13 Å². The molecule has 0 saturated carbocycles. The number of nitrogens with zero attached hydrogens (tertiary/aromatic N) is 3. The lowest BCUT2D eigenvalue weighted by Crippen LogP contribution is -2.61. The molecule has 2 aliphatic rings. The first-order chi connectivity index (χ1) is 16.8. The van der Waals surface area contributed by atoms with E-state index in [1.165, 1.54) is 11.3 Å². The summed E-state index contributed by atoms with van der Waals surface area (Å²) in [6, 6.07) is 5.48. The fourth-order valence-electron chi connectivity index (χ4n) is 4.70. The molecular weight excluding hydrogens is 486 g/mol. The molecule has 0 aliphatic carbocycles. The third-order valence-corrected chi connectivity index (χ3v) is 8.38. The number of carboxylic acids is 1. The molecule has 0 unspecified atom stereocenters. The van der Waals surface area contributed by atoms with Gasteiger partial charge in [0.25, 0.3) is 5.91 Å². The molecule has 1 fully saturated rings. The minimum absolute atomic E-state index is 0.0136. The Hall–Kier alpha value is -2.49. The lowest BCUT2D eigenvalue weighted by Gasteiger charge is -2.40. The largest absolute Gasteiger partial charge is 0.478 e.